The van der Waals surface area contributed by atoms with Crippen LogP contribution < -0.4 is 5.32 Å². The molecule has 3 rings (SSSR count). The first-order valence-corrected chi connectivity index (χ1v) is 8.55. The lowest BCUT2D eigenvalue weighted by Crippen LogP contribution is -2.64. The summed E-state index contributed by atoms with van der Waals surface area (Å²) in [6.07, 6.45) is 1.64. The summed E-state index contributed by atoms with van der Waals surface area (Å²) in [6, 6.07) is 3.20. The van der Waals surface area contributed by atoms with Gasteiger partial charge in [0.05, 0.1) is 12.6 Å². The van der Waals surface area contributed by atoms with E-state index in [-0.39, 0.29) is 18.1 Å². The van der Waals surface area contributed by atoms with Gasteiger partial charge in [0.25, 0.3) is 0 Å². The normalized spacial score (nSPS) is 27.0. The zero-order valence-corrected chi connectivity index (χ0v) is 13.4. The molecule has 2 aliphatic rings. The minimum Gasteiger partial charge on any atom is -0.480 e. The smallest absolute Gasteiger partial charge is 0.322 e. The average Bonchev–Trinajstić information content (AvgIpc) is 3.11. The summed E-state index contributed by atoms with van der Waals surface area (Å²) in [5.74, 6) is -0.871. The molecule has 3 atom stereocenters. The summed E-state index contributed by atoms with van der Waals surface area (Å²) in [4.78, 5) is 29.1. The highest BCUT2D eigenvalue weighted by atomic mass is 32.1. The SMILES string of the molecule is CCN(Cc1cccs1)C(=O)N1C2CCC1C(C(=O)O)NC2. The van der Waals surface area contributed by atoms with Crippen LogP contribution in [0.2, 0.25) is 0 Å². The predicted molar refractivity (Wildman–Crippen MR) is 83.9 cm³/mol. The first-order valence-electron chi connectivity index (χ1n) is 7.67. The van der Waals surface area contributed by atoms with Gasteiger partial charge in [-0.05, 0) is 31.2 Å². The third-order valence-corrected chi connectivity index (χ3v) is 5.43. The molecule has 0 aromatic carbocycles. The molecular weight excluding hydrogens is 302 g/mol. The lowest BCUT2D eigenvalue weighted by atomic mass is 10.1. The third kappa shape index (κ3) is 2.70. The number of urea groups is 1. The molecule has 2 aliphatic heterocycles. The molecule has 2 bridgehead atoms. The van der Waals surface area contributed by atoms with Crippen molar-refractivity contribution in [3.05, 3.63) is 22.4 Å². The van der Waals surface area contributed by atoms with Crippen molar-refractivity contribution in [1.82, 2.24) is 15.1 Å². The van der Waals surface area contributed by atoms with E-state index in [0.29, 0.717) is 19.6 Å². The number of rotatable bonds is 4. The number of thiophene rings is 1. The van der Waals surface area contributed by atoms with Crippen molar-refractivity contribution in [2.24, 2.45) is 0 Å². The van der Waals surface area contributed by atoms with Crippen LogP contribution in [0.4, 0.5) is 4.79 Å². The Morgan fingerprint density at radius 3 is 2.95 bits per heavy atom. The summed E-state index contributed by atoms with van der Waals surface area (Å²) in [5.41, 5.74) is 0. The summed E-state index contributed by atoms with van der Waals surface area (Å²) in [7, 11) is 0. The second kappa shape index (κ2) is 6.26. The number of hydrogen-bond donors (Lipinski definition) is 2. The van der Waals surface area contributed by atoms with Crippen LogP contribution in [0.3, 0.4) is 0 Å². The molecule has 2 amide bonds. The topological polar surface area (TPSA) is 72.9 Å². The minimum atomic E-state index is -0.871. The fraction of sp³-hybridized carbons (Fsp3) is 0.600. The Labute approximate surface area is 133 Å². The zero-order chi connectivity index (χ0) is 15.7. The van der Waals surface area contributed by atoms with E-state index in [0.717, 1.165) is 17.7 Å². The molecule has 2 fully saturated rings. The molecule has 2 saturated heterocycles. The number of hydrogen-bond acceptors (Lipinski definition) is 4. The van der Waals surface area contributed by atoms with Crippen LogP contribution in [-0.2, 0) is 11.3 Å². The number of piperazine rings is 1. The van der Waals surface area contributed by atoms with Gasteiger partial charge in [-0.2, -0.15) is 0 Å². The molecule has 0 spiro atoms. The second-order valence-electron chi connectivity index (χ2n) is 5.81. The molecule has 0 radical (unpaired) electrons. The number of aliphatic carboxylic acids is 1. The largest absolute Gasteiger partial charge is 0.480 e. The van der Waals surface area contributed by atoms with Crippen LogP contribution in [-0.4, -0.2) is 58.1 Å². The number of nitrogens with zero attached hydrogens (tertiary/aromatic N) is 2. The summed E-state index contributed by atoms with van der Waals surface area (Å²) >= 11 is 1.63. The molecule has 22 heavy (non-hydrogen) atoms. The lowest BCUT2D eigenvalue weighted by Gasteiger charge is -2.41. The predicted octanol–water partition coefficient (Wildman–Crippen LogP) is 1.58. The van der Waals surface area contributed by atoms with Crippen LogP contribution in [0.5, 0.6) is 0 Å². The van der Waals surface area contributed by atoms with Gasteiger partial charge in [0.15, 0.2) is 0 Å². The van der Waals surface area contributed by atoms with Gasteiger partial charge in [-0.1, -0.05) is 6.07 Å². The maximum atomic E-state index is 12.9. The van der Waals surface area contributed by atoms with Gasteiger partial charge >= 0.3 is 12.0 Å². The van der Waals surface area contributed by atoms with E-state index < -0.39 is 12.0 Å². The van der Waals surface area contributed by atoms with Gasteiger partial charge in [-0.15, -0.1) is 11.3 Å². The average molecular weight is 323 g/mol. The van der Waals surface area contributed by atoms with E-state index in [1.54, 1.807) is 16.2 Å². The van der Waals surface area contributed by atoms with Crippen molar-refractivity contribution in [2.45, 2.75) is 44.4 Å². The summed E-state index contributed by atoms with van der Waals surface area (Å²) in [6.45, 7) is 3.74. The van der Waals surface area contributed by atoms with Crippen LogP contribution in [0.1, 0.15) is 24.6 Å². The first-order chi connectivity index (χ1) is 10.6. The number of carbonyl (C=O) groups excluding carboxylic acids is 1. The van der Waals surface area contributed by atoms with Crippen molar-refractivity contribution in [3.8, 4) is 0 Å². The summed E-state index contributed by atoms with van der Waals surface area (Å²) in [5, 5.41) is 14.4. The molecule has 3 heterocycles. The highest BCUT2D eigenvalue weighted by molar-refractivity contribution is 7.09. The van der Waals surface area contributed by atoms with Crippen LogP contribution >= 0.6 is 11.3 Å². The monoisotopic (exact) mass is 323 g/mol. The van der Waals surface area contributed by atoms with Gasteiger partial charge in [0, 0.05) is 24.0 Å². The van der Waals surface area contributed by atoms with Crippen molar-refractivity contribution >= 4 is 23.3 Å². The number of fused-ring (bicyclic) bond motifs is 2. The van der Waals surface area contributed by atoms with Crippen LogP contribution in [0.25, 0.3) is 0 Å². The lowest BCUT2D eigenvalue weighted by molar-refractivity contribution is -0.141. The Bertz CT molecular complexity index is 548. The first kappa shape index (κ1) is 15.3. The van der Waals surface area contributed by atoms with Gasteiger partial charge in [0.1, 0.15) is 6.04 Å². The number of carboxylic acids is 1. The highest BCUT2D eigenvalue weighted by Crippen LogP contribution is 2.31. The van der Waals surface area contributed by atoms with Gasteiger partial charge < -0.3 is 20.2 Å². The van der Waals surface area contributed by atoms with Crippen LogP contribution in [0, 0.1) is 0 Å². The highest BCUT2D eigenvalue weighted by Gasteiger charge is 2.48. The van der Waals surface area contributed by atoms with E-state index >= 15 is 0 Å². The van der Waals surface area contributed by atoms with Crippen molar-refractivity contribution in [1.29, 1.82) is 0 Å². The molecule has 0 aliphatic carbocycles. The van der Waals surface area contributed by atoms with E-state index in [2.05, 4.69) is 5.32 Å². The van der Waals surface area contributed by atoms with Gasteiger partial charge in [0.2, 0.25) is 0 Å². The third-order valence-electron chi connectivity index (χ3n) is 4.57. The Balaban J connectivity index is 1.76. The fourth-order valence-corrected chi connectivity index (χ4v) is 4.18. The molecule has 1 aromatic heterocycles. The number of carbonyl (C=O) groups is 2. The number of amides is 2. The molecule has 7 heteroatoms. The molecule has 120 valence electrons. The molecule has 1 aromatic rings. The van der Waals surface area contributed by atoms with E-state index in [1.165, 1.54) is 0 Å². The molecule has 2 N–H and O–H groups in total. The van der Waals surface area contributed by atoms with E-state index in [1.807, 2.05) is 29.3 Å². The minimum absolute atomic E-state index is 0.0313. The Morgan fingerprint density at radius 2 is 2.32 bits per heavy atom. The molecule has 6 nitrogen and oxygen atoms in total. The van der Waals surface area contributed by atoms with Gasteiger partial charge in [-0.3, -0.25) is 4.79 Å². The molecular formula is C15H21N3O3S. The second-order valence-corrected chi connectivity index (χ2v) is 6.84. The van der Waals surface area contributed by atoms with Crippen molar-refractivity contribution in [2.75, 3.05) is 13.1 Å². The number of carboxylic acid groups (broad SMARTS) is 1. The Morgan fingerprint density at radius 1 is 1.50 bits per heavy atom. The Kier molecular flexibility index (Phi) is 4.35. The van der Waals surface area contributed by atoms with E-state index in [9.17, 15) is 14.7 Å². The van der Waals surface area contributed by atoms with Crippen molar-refractivity contribution < 1.29 is 14.7 Å². The molecule has 0 saturated carbocycles. The fourth-order valence-electron chi connectivity index (χ4n) is 3.46. The maximum Gasteiger partial charge on any atom is 0.322 e. The quantitative estimate of drug-likeness (QED) is 0.882. The van der Waals surface area contributed by atoms with Crippen molar-refractivity contribution in [3.63, 3.8) is 0 Å². The summed E-state index contributed by atoms with van der Waals surface area (Å²) < 4.78 is 0. The van der Waals surface area contributed by atoms with Crippen LogP contribution in [0.15, 0.2) is 17.5 Å². The zero-order valence-electron chi connectivity index (χ0n) is 12.6. The standard InChI is InChI=1S/C15H21N3O3S/c1-2-17(9-11-4-3-7-22-11)15(21)18-10-5-6-12(18)13(14(19)20)16-8-10/h3-4,7,10,12-13,16H,2,5-6,8-9H2,1H3,(H,19,20). The van der Waals surface area contributed by atoms with Gasteiger partial charge in [-0.25, -0.2) is 4.79 Å². The van der Waals surface area contributed by atoms with E-state index in [4.69, 9.17) is 0 Å². The molecule has 3 unspecified atom stereocenters. The maximum absolute atomic E-state index is 12.9. The number of nitrogens with one attached hydrogen (secondary N) is 1. The Hall–Kier alpha value is -1.60.